The fourth-order valence-corrected chi connectivity index (χ4v) is 6.01. The highest BCUT2D eigenvalue weighted by atomic mass is 35.5. The number of nitrogens with one attached hydrogen (secondary N) is 1. The van der Waals surface area contributed by atoms with Crippen molar-refractivity contribution in [2.75, 3.05) is 0 Å². The Hall–Kier alpha value is -3.01. The van der Waals surface area contributed by atoms with Gasteiger partial charge >= 0.3 is 7.12 Å². The van der Waals surface area contributed by atoms with E-state index in [-0.39, 0.29) is 5.91 Å². The molecule has 2 aliphatic heterocycles. The van der Waals surface area contributed by atoms with Crippen molar-refractivity contribution in [3.05, 3.63) is 104 Å². The van der Waals surface area contributed by atoms with Crippen molar-refractivity contribution in [2.45, 2.75) is 44.9 Å². The predicted molar refractivity (Wildman–Crippen MR) is 158 cm³/mol. The second-order valence-corrected chi connectivity index (χ2v) is 12.0. The van der Waals surface area contributed by atoms with Gasteiger partial charge in [0.1, 0.15) is 5.71 Å². The summed E-state index contributed by atoms with van der Waals surface area (Å²) in [5, 5.41) is 18.7. The monoisotopic (exact) mass is 595 g/mol. The van der Waals surface area contributed by atoms with Crippen molar-refractivity contribution in [1.82, 2.24) is 9.72 Å². The molecule has 0 bridgehead atoms. The normalized spacial score (nSPS) is 19.5. The van der Waals surface area contributed by atoms with Gasteiger partial charge in [-0.05, 0) is 73.8 Å². The summed E-state index contributed by atoms with van der Waals surface area (Å²) in [6.07, 6.45) is 2.35. The number of aromatic nitrogens is 1. The van der Waals surface area contributed by atoms with E-state index in [1.165, 1.54) is 0 Å². The first-order valence-electron chi connectivity index (χ1n) is 12.7. The van der Waals surface area contributed by atoms with E-state index < -0.39 is 18.3 Å². The fourth-order valence-electron chi connectivity index (χ4n) is 5.42. The van der Waals surface area contributed by atoms with Crippen LogP contribution < -0.4 is 10.8 Å². The maximum absolute atomic E-state index is 13.3. The minimum Gasteiger partial charge on any atom is -0.423 e. The van der Waals surface area contributed by atoms with Crippen LogP contribution in [0.3, 0.4) is 0 Å². The molecule has 4 heterocycles. The zero-order valence-corrected chi connectivity index (χ0v) is 24.2. The topological polar surface area (TPSA) is 84.6 Å². The van der Waals surface area contributed by atoms with Gasteiger partial charge in [-0.2, -0.15) is 0 Å². The molecule has 0 saturated heterocycles. The summed E-state index contributed by atoms with van der Waals surface area (Å²) in [6.45, 7) is 6.06. The molecule has 2 aromatic carbocycles. The van der Waals surface area contributed by atoms with Gasteiger partial charge in [-0.25, -0.2) is 0 Å². The fraction of sp³-hybridized carbons (Fsp3) is 0.241. The van der Waals surface area contributed by atoms with Gasteiger partial charge in [0.2, 0.25) is 0 Å². The van der Waals surface area contributed by atoms with Crippen molar-refractivity contribution in [1.29, 1.82) is 0 Å². The average Bonchev–Trinajstić information content (AvgIpc) is 3.62. The molecule has 0 radical (unpaired) electrons. The van der Waals surface area contributed by atoms with Gasteiger partial charge in [-0.3, -0.25) is 4.79 Å². The first kappa shape index (κ1) is 27.2. The van der Waals surface area contributed by atoms with Crippen molar-refractivity contribution < 1.29 is 19.3 Å². The van der Waals surface area contributed by atoms with E-state index in [0.29, 0.717) is 33.6 Å². The summed E-state index contributed by atoms with van der Waals surface area (Å²) in [6, 6.07) is 16.7. The molecular formula is C29H25BCl3N3O4. The molecular weight excluding hydrogens is 572 g/mol. The van der Waals surface area contributed by atoms with Crippen LogP contribution in [0.15, 0.2) is 65.9 Å². The molecule has 11 heteroatoms. The molecule has 0 spiro atoms. The SMILES string of the molecule is CC1(C)OB(O)c2cc(CNC(=O)c3ccc(C4=NO[C@](C)(c5cc(Cl)c(Cl)c(Cl)c5)C4)n4cccc34)ccc21. The van der Waals surface area contributed by atoms with Gasteiger partial charge in [-0.15, -0.1) is 0 Å². The van der Waals surface area contributed by atoms with Crippen LogP contribution in [0.25, 0.3) is 5.52 Å². The first-order valence-corrected chi connectivity index (χ1v) is 13.9. The highest BCUT2D eigenvalue weighted by molar-refractivity contribution is 6.62. The van der Waals surface area contributed by atoms with Crippen molar-refractivity contribution in [3.8, 4) is 0 Å². The van der Waals surface area contributed by atoms with Gasteiger partial charge in [0, 0.05) is 24.7 Å². The number of amides is 1. The number of nitrogens with zero attached hydrogens (tertiary/aromatic N) is 2. The molecule has 1 amide bonds. The number of carbonyl (C=O) groups excluding carboxylic acids is 1. The zero-order valence-electron chi connectivity index (χ0n) is 22.0. The molecule has 2 aromatic heterocycles. The van der Waals surface area contributed by atoms with Crippen molar-refractivity contribution in [2.24, 2.45) is 5.16 Å². The lowest BCUT2D eigenvalue weighted by molar-refractivity contribution is -0.00737. The standard InChI is InChI=1S/C29H25BCl3N3O4/c1-28(2)19-8-6-16(11-20(19)30(38)39-28)15-34-27(37)18-7-9-25(36-10-4-5-24(18)36)23-14-29(3,40-35-23)17-12-21(31)26(33)22(32)13-17/h4-13,38H,14-15H2,1-3H3,(H,34,37)/t29-/m0/s1. The molecule has 1 atom stereocenters. The van der Waals surface area contributed by atoms with Gasteiger partial charge in [0.15, 0.2) is 5.60 Å². The van der Waals surface area contributed by atoms with E-state index in [1.54, 1.807) is 18.2 Å². The van der Waals surface area contributed by atoms with Crippen LogP contribution >= 0.6 is 34.8 Å². The molecule has 7 nitrogen and oxygen atoms in total. The molecule has 0 unspecified atom stereocenters. The van der Waals surface area contributed by atoms with Gasteiger partial charge in [0.25, 0.3) is 5.91 Å². The smallest absolute Gasteiger partial charge is 0.423 e. The summed E-state index contributed by atoms with van der Waals surface area (Å²) < 4.78 is 7.57. The Morgan fingerprint density at radius 1 is 1.10 bits per heavy atom. The molecule has 2 aliphatic rings. The zero-order chi connectivity index (χ0) is 28.4. The Morgan fingerprint density at radius 2 is 1.85 bits per heavy atom. The van der Waals surface area contributed by atoms with Crippen LogP contribution in [-0.2, 0) is 27.2 Å². The number of oxime groups is 1. The Balaban J connectivity index is 1.21. The second-order valence-electron chi connectivity index (χ2n) is 10.8. The van der Waals surface area contributed by atoms with Gasteiger partial charge in [0.05, 0.1) is 37.4 Å². The molecule has 4 aromatic rings. The highest BCUT2D eigenvalue weighted by Crippen LogP contribution is 2.41. The third-order valence-corrected chi connectivity index (χ3v) is 8.78. The third-order valence-electron chi connectivity index (χ3n) is 7.58. The maximum atomic E-state index is 13.3. The van der Waals surface area contributed by atoms with E-state index >= 15 is 0 Å². The second kappa shape index (κ2) is 9.82. The Labute approximate surface area is 246 Å². The third kappa shape index (κ3) is 4.58. The Kier molecular flexibility index (Phi) is 6.67. The van der Waals surface area contributed by atoms with E-state index in [0.717, 1.165) is 39.1 Å². The van der Waals surface area contributed by atoms with Crippen LogP contribution in [0, 0.1) is 0 Å². The van der Waals surface area contributed by atoms with Crippen LogP contribution in [0.1, 0.15) is 59.9 Å². The van der Waals surface area contributed by atoms with Crippen LogP contribution in [-0.4, -0.2) is 28.2 Å². The van der Waals surface area contributed by atoms with Gasteiger partial charge in [-0.1, -0.05) is 58.2 Å². The summed E-state index contributed by atoms with van der Waals surface area (Å²) in [4.78, 5) is 19.1. The highest BCUT2D eigenvalue weighted by Gasteiger charge is 2.41. The largest absolute Gasteiger partial charge is 0.492 e. The summed E-state index contributed by atoms with van der Waals surface area (Å²) >= 11 is 18.7. The minimum absolute atomic E-state index is 0.215. The van der Waals surface area contributed by atoms with E-state index in [9.17, 15) is 9.82 Å². The Bertz CT molecular complexity index is 1700. The maximum Gasteiger partial charge on any atom is 0.492 e. The number of fused-ring (bicyclic) bond motifs is 2. The first-order chi connectivity index (χ1) is 19.0. The minimum atomic E-state index is -0.980. The van der Waals surface area contributed by atoms with Crippen molar-refractivity contribution in [3.63, 3.8) is 0 Å². The predicted octanol–water partition coefficient (Wildman–Crippen LogP) is 5.82. The quantitative estimate of drug-likeness (QED) is 0.225. The lowest BCUT2D eigenvalue weighted by Gasteiger charge is -2.23. The molecule has 6 rings (SSSR count). The summed E-state index contributed by atoms with van der Waals surface area (Å²) in [7, 11) is -0.980. The molecule has 0 aliphatic carbocycles. The van der Waals surface area contributed by atoms with Crippen molar-refractivity contribution >= 4 is 64.5 Å². The van der Waals surface area contributed by atoms with E-state index in [2.05, 4.69) is 10.5 Å². The van der Waals surface area contributed by atoms with Crippen LogP contribution in [0.4, 0.5) is 0 Å². The van der Waals surface area contributed by atoms with Crippen LogP contribution in [0.5, 0.6) is 0 Å². The molecule has 0 saturated carbocycles. The van der Waals surface area contributed by atoms with Gasteiger partial charge < -0.3 is 24.2 Å². The molecule has 204 valence electrons. The lowest BCUT2D eigenvalue weighted by Crippen LogP contribution is -2.30. The number of rotatable bonds is 5. The molecule has 2 N–H and O–H groups in total. The van der Waals surface area contributed by atoms with E-state index in [4.69, 9.17) is 44.3 Å². The number of benzene rings is 2. The summed E-state index contributed by atoms with van der Waals surface area (Å²) in [5.41, 5.74) is 4.76. The number of halogens is 3. The number of hydrogen-bond donors (Lipinski definition) is 2. The van der Waals surface area contributed by atoms with E-state index in [1.807, 2.05) is 67.8 Å². The summed E-state index contributed by atoms with van der Waals surface area (Å²) in [5.74, 6) is -0.215. The number of carbonyl (C=O) groups is 1. The Morgan fingerprint density at radius 3 is 2.60 bits per heavy atom. The number of pyridine rings is 1. The molecule has 40 heavy (non-hydrogen) atoms. The number of hydrogen-bond acceptors (Lipinski definition) is 5. The molecule has 0 fully saturated rings. The van der Waals surface area contributed by atoms with Crippen LogP contribution in [0.2, 0.25) is 15.1 Å². The average molecular weight is 597 g/mol. The lowest BCUT2D eigenvalue weighted by atomic mass is 9.77.